The minimum Gasteiger partial charge on any atom is -0.480 e. The third-order valence-electron chi connectivity index (χ3n) is 5.03. The zero-order valence-electron chi connectivity index (χ0n) is 17.7. The molecule has 2 unspecified atom stereocenters. The molecule has 0 radical (unpaired) electrons. The number of carboxylic acid groups (broad SMARTS) is 1. The highest BCUT2D eigenvalue weighted by atomic mass is 19.1. The minimum absolute atomic E-state index is 0.0924. The predicted octanol–water partition coefficient (Wildman–Crippen LogP) is 1.47. The second-order valence-corrected chi connectivity index (χ2v) is 7.27. The van der Waals surface area contributed by atoms with Gasteiger partial charge in [0.15, 0.2) is 6.04 Å². The lowest BCUT2D eigenvalue weighted by Crippen LogP contribution is -2.50. The molecule has 1 aromatic heterocycles. The van der Waals surface area contributed by atoms with E-state index in [1.54, 1.807) is 13.8 Å². The summed E-state index contributed by atoms with van der Waals surface area (Å²) < 4.78 is 14.8. The molecule has 2 aromatic rings. The maximum atomic E-state index is 13.5. The topological polar surface area (TPSA) is 138 Å². The number of aromatic nitrogens is 1. The molecule has 1 aromatic carbocycles. The summed E-state index contributed by atoms with van der Waals surface area (Å²) in [6.45, 7) is 5.79. The number of Topliss-reactive ketones (excluding diaryl/α,β-unsaturated/α-hetero) is 1. The van der Waals surface area contributed by atoms with Gasteiger partial charge in [0.25, 0.3) is 17.6 Å². The first-order chi connectivity index (χ1) is 14.4. The number of aryl methyl sites for hydroxylation is 1. The van der Waals surface area contributed by atoms with Crippen LogP contribution < -0.4 is 10.6 Å². The van der Waals surface area contributed by atoms with E-state index >= 15 is 0 Å². The number of nitrogens with one attached hydrogen (secondary N) is 2. The Balaban J connectivity index is 2.35. The van der Waals surface area contributed by atoms with Crippen LogP contribution in [0.3, 0.4) is 0 Å². The number of rotatable bonds is 7. The van der Waals surface area contributed by atoms with Gasteiger partial charge in [-0.1, -0.05) is 0 Å². The molecule has 0 spiro atoms. The van der Waals surface area contributed by atoms with Gasteiger partial charge in [0.1, 0.15) is 5.82 Å². The molecule has 0 saturated carbocycles. The number of hydrogen-bond acceptors (Lipinski definition) is 5. The van der Waals surface area contributed by atoms with Gasteiger partial charge in [0.2, 0.25) is 0 Å². The van der Waals surface area contributed by atoms with Gasteiger partial charge in [-0.3, -0.25) is 14.4 Å². The van der Waals surface area contributed by atoms with Crippen molar-refractivity contribution in [2.45, 2.75) is 39.8 Å². The lowest BCUT2D eigenvalue weighted by atomic mass is 10.1. The zero-order chi connectivity index (χ0) is 23.6. The van der Waals surface area contributed by atoms with E-state index in [2.05, 4.69) is 5.32 Å². The molecule has 10 heteroatoms. The zero-order valence-corrected chi connectivity index (χ0v) is 17.7. The quantitative estimate of drug-likeness (QED) is 0.385. The Kier molecular flexibility index (Phi) is 6.96. The van der Waals surface area contributed by atoms with Gasteiger partial charge in [-0.15, -0.1) is 0 Å². The molecule has 1 heterocycles. The molecular weight excluding hydrogens is 409 g/mol. The second kappa shape index (κ2) is 9.09. The normalized spacial score (nSPS) is 12.7. The monoisotopic (exact) mass is 433 g/mol. The van der Waals surface area contributed by atoms with Crippen LogP contribution in [0.2, 0.25) is 0 Å². The highest BCUT2D eigenvalue weighted by Gasteiger charge is 2.32. The van der Waals surface area contributed by atoms with Crippen LogP contribution in [-0.2, 0) is 16.6 Å². The number of carbonyl (C=O) groups excluding carboxylic acids is 3. The number of aliphatic hydroxyl groups excluding tert-OH is 1. The Morgan fingerprint density at radius 2 is 1.74 bits per heavy atom. The number of benzene rings is 1. The van der Waals surface area contributed by atoms with Crippen molar-refractivity contribution in [2.75, 3.05) is 5.32 Å². The molecule has 31 heavy (non-hydrogen) atoms. The van der Waals surface area contributed by atoms with Crippen LogP contribution in [0.4, 0.5) is 10.1 Å². The first-order valence-corrected chi connectivity index (χ1v) is 9.36. The number of aliphatic hydroxyl groups is 1. The van der Waals surface area contributed by atoms with Crippen molar-refractivity contribution in [2.24, 2.45) is 7.05 Å². The third-order valence-corrected chi connectivity index (χ3v) is 5.03. The Labute approximate surface area is 177 Å². The van der Waals surface area contributed by atoms with Gasteiger partial charge in [0.05, 0.1) is 17.4 Å². The van der Waals surface area contributed by atoms with Crippen LogP contribution in [0.5, 0.6) is 0 Å². The molecule has 166 valence electrons. The molecule has 0 bridgehead atoms. The van der Waals surface area contributed by atoms with Crippen molar-refractivity contribution in [3.05, 3.63) is 52.1 Å². The van der Waals surface area contributed by atoms with Gasteiger partial charge in [0, 0.05) is 18.4 Å². The third kappa shape index (κ3) is 4.80. The summed E-state index contributed by atoms with van der Waals surface area (Å²) >= 11 is 0. The summed E-state index contributed by atoms with van der Waals surface area (Å²) in [5.74, 6) is -4.74. The molecule has 0 fully saturated rings. The molecule has 0 aliphatic heterocycles. The van der Waals surface area contributed by atoms with Crippen molar-refractivity contribution in [1.82, 2.24) is 9.88 Å². The van der Waals surface area contributed by atoms with Gasteiger partial charge < -0.3 is 25.4 Å². The van der Waals surface area contributed by atoms with E-state index in [-0.39, 0.29) is 16.8 Å². The SMILES string of the molecule is Cc1cc(NC(=O)c2c(C)c(C(=O)C(=O)NC(C(=O)O)C(C)O)n(C)c2C)ccc1F. The van der Waals surface area contributed by atoms with Crippen molar-refractivity contribution in [1.29, 1.82) is 0 Å². The van der Waals surface area contributed by atoms with Crippen LogP contribution in [-0.4, -0.2) is 50.5 Å². The van der Waals surface area contributed by atoms with E-state index in [1.165, 1.54) is 43.7 Å². The first-order valence-electron chi connectivity index (χ1n) is 9.36. The number of hydrogen-bond donors (Lipinski definition) is 4. The number of amides is 2. The van der Waals surface area contributed by atoms with Crippen molar-refractivity contribution in [3.8, 4) is 0 Å². The van der Waals surface area contributed by atoms with Gasteiger partial charge in [-0.05, 0) is 57.0 Å². The Hall–Kier alpha value is -3.53. The minimum atomic E-state index is -1.66. The summed E-state index contributed by atoms with van der Waals surface area (Å²) in [6, 6.07) is 2.41. The Bertz CT molecular complexity index is 1070. The summed E-state index contributed by atoms with van der Waals surface area (Å²) in [4.78, 5) is 49.0. The van der Waals surface area contributed by atoms with Gasteiger partial charge in [-0.2, -0.15) is 0 Å². The van der Waals surface area contributed by atoms with Gasteiger partial charge in [-0.25, -0.2) is 9.18 Å². The number of anilines is 1. The van der Waals surface area contributed by atoms with E-state index in [0.717, 1.165) is 0 Å². The smallest absolute Gasteiger partial charge is 0.328 e. The van der Waals surface area contributed by atoms with Gasteiger partial charge >= 0.3 is 5.97 Å². The van der Waals surface area contributed by atoms with Crippen molar-refractivity contribution < 1.29 is 33.8 Å². The van der Waals surface area contributed by atoms with E-state index in [0.29, 0.717) is 16.9 Å². The van der Waals surface area contributed by atoms with E-state index in [4.69, 9.17) is 5.11 Å². The standard InChI is InChI=1S/C21H24FN3O6/c1-9-8-13(6-7-14(9)22)23-19(28)15-10(2)17(25(5)11(15)3)18(27)20(29)24-16(12(4)26)21(30)31/h6-8,12,16,26H,1-5H3,(H,23,28)(H,24,29)(H,30,31). The summed E-state index contributed by atoms with van der Waals surface area (Å²) in [5.41, 5.74) is 1.39. The van der Waals surface area contributed by atoms with Crippen LogP contribution in [0.15, 0.2) is 18.2 Å². The molecule has 0 aliphatic rings. The number of carboxylic acids is 1. The number of nitrogens with zero attached hydrogens (tertiary/aromatic N) is 1. The highest BCUT2D eigenvalue weighted by molar-refractivity contribution is 6.43. The molecule has 9 nitrogen and oxygen atoms in total. The Morgan fingerprint density at radius 1 is 1.13 bits per heavy atom. The number of ketones is 1. The molecule has 0 saturated heterocycles. The molecular formula is C21H24FN3O6. The maximum absolute atomic E-state index is 13.5. The lowest BCUT2D eigenvalue weighted by Gasteiger charge is -2.16. The molecule has 4 N–H and O–H groups in total. The highest BCUT2D eigenvalue weighted by Crippen LogP contribution is 2.24. The average molecular weight is 433 g/mol. The van der Waals surface area contributed by atoms with Crippen LogP contribution in [0.1, 0.15) is 44.6 Å². The fraction of sp³-hybridized carbons (Fsp3) is 0.333. The van der Waals surface area contributed by atoms with Crippen molar-refractivity contribution in [3.63, 3.8) is 0 Å². The van der Waals surface area contributed by atoms with Crippen LogP contribution >= 0.6 is 0 Å². The number of halogens is 1. The number of aliphatic carboxylic acids is 1. The van der Waals surface area contributed by atoms with E-state index in [9.17, 15) is 28.7 Å². The Morgan fingerprint density at radius 3 is 2.26 bits per heavy atom. The predicted molar refractivity (Wildman–Crippen MR) is 110 cm³/mol. The van der Waals surface area contributed by atoms with Crippen LogP contribution in [0.25, 0.3) is 0 Å². The summed E-state index contributed by atoms with van der Waals surface area (Å²) in [6.07, 6.45) is -1.43. The molecule has 2 rings (SSSR count). The van der Waals surface area contributed by atoms with E-state index < -0.39 is 41.5 Å². The second-order valence-electron chi connectivity index (χ2n) is 7.27. The van der Waals surface area contributed by atoms with Crippen LogP contribution in [0, 0.1) is 26.6 Å². The lowest BCUT2D eigenvalue weighted by molar-refractivity contribution is -0.144. The summed E-state index contributed by atoms with van der Waals surface area (Å²) in [7, 11) is 1.49. The fourth-order valence-electron chi connectivity index (χ4n) is 3.25. The largest absolute Gasteiger partial charge is 0.480 e. The average Bonchev–Trinajstić information content (AvgIpc) is 2.90. The molecule has 2 amide bonds. The maximum Gasteiger partial charge on any atom is 0.328 e. The van der Waals surface area contributed by atoms with Crippen molar-refractivity contribution >= 4 is 29.3 Å². The number of carbonyl (C=O) groups is 4. The fourth-order valence-corrected chi connectivity index (χ4v) is 3.25. The van der Waals surface area contributed by atoms with E-state index in [1.807, 2.05) is 5.32 Å². The first kappa shape index (κ1) is 23.7. The summed E-state index contributed by atoms with van der Waals surface area (Å²) in [5, 5.41) is 23.2. The molecule has 0 aliphatic carbocycles. The molecule has 2 atom stereocenters.